The molecule has 0 aliphatic rings. The molecule has 0 saturated heterocycles. The predicted octanol–water partition coefficient (Wildman–Crippen LogP) is 1.76. The smallest absolute Gasteiger partial charge is 0.343 e. The van der Waals surface area contributed by atoms with Crippen LogP contribution in [0.5, 0.6) is 0 Å². The quantitative estimate of drug-likeness (QED) is 0.558. The molecule has 0 radical (unpaired) electrons. The molecular weight excluding hydrogens is 334 g/mol. The molecule has 26 heavy (non-hydrogen) atoms. The van der Waals surface area contributed by atoms with Gasteiger partial charge in [-0.25, -0.2) is 19.4 Å². The van der Waals surface area contributed by atoms with Crippen molar-refractivity contribution in [3.63, 3.8) is 0 Å². The van der Waals surface area contributed by atoms with Crippen molar-refractivity contribution in [3.8, 4) is 11.5 Å². The van der Waals surface area contributed by atoms with E-state index in [9.17, 15) is 4.79 Å². The standard InChI is InChI=1S/C17H15N7O2/c1-2-26-17(25)12-8-22-24(14(12)18)16-13-9-21-23(15(13)19-10-20-16)11-6-4-3-5-7-11/h3-10H,2,18H2,1H3. The third kappa shape index (κ3) is 2.46. The van der Waals surface area contributed by atoms with Crippen LogP contribution in [0, 0.1) is 0 Å². The number of para-hydroxylation sites is 1. The number of ether oxygens (including phenoxy) is 1. The van der Waals surface area contributed by atoms with Crippen LogP contribution in [0.4, 0.5) is 5.82 Å². The fourth-order valence-corrected chi connectivity index (χ4v) is 2.65. The number of fused-ring (bicyclic) bond motifs is 1. The summed E-state index contributed by atoms with van der Waals surface area (Å²) in [6.45, 7) is 1.98. The fourth-order valence-electron chi connectivity index (χ4n) is 2.65. The molecule has 0 saturated carbocycles. The Morgan fingerprint density at radius 1 is 1.12 bits per heavy atom. The molecule has 4 rings (SSSR count). The highest BCUT2D eigenvalue weighted by molar-refractivity contribution is 5.95. The van der Waals surface area contributed by atoms with E-state index in [1.165, 1.54) is 17.2 Å². The summed E-state index contributed by atoms with van der Waals surface area (Å²) in [5.41, 5.74) is 7.75. The van der Waals surface area contributed by atoms with E-state index < -0.39 is 5.97 Å². The van der Waals surface area contributed by atoms with Crippen LogP contribution in [0.25, 0.3) is 22.5 Å². The van der Waals surface area contributed by atoms with Crippen molar-refractivity contribution in [1.29, 1.82) is 0 Å². The number of carbonyl (C=O) groups is 1. The molecule has 2 N–H and O–H groups in total. The number of aromatic nitrogens is 6. The van der Waals surface area contributed by atoms with Gasteiger partial charge in [0.1, 0.15) is 17.7 Å². The number of nitrogen functional groups attached to an aromatic ring is 1. The van der Waals surface area contributed by atoms with Gasteiger partial charge in [-0.1, -0.05) is 18.2 Å². The summed E-state index contributed by atoms with van der Waals surface area (Å²) in [4.78, 5) is 20.5. The van der Waals surface area contributed by atoms with E-state index >= 15 is 0 Å². The number of hydrogen-bond acceptors (Lipinski definition) is 7. The Labute approximate surface area is 148 Å². The largest absolute Gasteiger partial charge is 0.462 e. The van der Waals surface area contributed by atoms with E-state index in [2.05, 4.69) is 20.2 Å². The lowest BCUT2D eigenvalue weighted by molar-refractivity contribution is 0.0527. The van der Waals surface area contributed by atoms with Crippen molar-refractivity contribution in [2.45, 2.75) is 6.92 Å². The van der Waals surface area contributed by atoms with E-state index in [0.717, 1.165) is 5.69 Å². The number of carbonyl (C=O) groups excluding carboxylic acids is 1. The van der Waals surface area contributed by atoms with E-state index in [0.29, 0.717) is 16.9 Å². The van der Waals surface area contributed by atoms with Gasteiger partial charge in [-0.15, -0.1) is 0 Å². The first-order valence-corrected chi connectivity index (χ1v) is 7.96. The Morgan fingerprint density at radius 2 is 1.88 bits per heavy atom. The number of nitrogens with zero attached hydrogens (tertiary/aromatic N) is 6. The molecular formula is C17H15N7O2. The summed E-state index contributed by atoms with van der Waals surface area (Å²) in [5, 5.41) is 9.23. The molecule has 130 valence electrons. The Bertz CT molecular complexity index is 1090. The molecule has 3 heterocycles. The lowest BCUT2D eigenvalue weighted by atomic mass is 10.3. The maximum atomic E-state index is 12.0. The highest BCUT2D eigenvalue weighted by Gasteiger charge is 2.20. The zero-order chi connectivity index (χ0) is 18.1. The third-order valence-electron chi connectivity index (χ3n) is 3.85. The van der Waals surface area contributed by atoms with Crippen molar-refractivity contribution in [2.75, 3.05) is 12.3 Å². The van der Waals surface area contributed by atoms with Crippen molar-refractivity contribution in [2.24, 2.45) is 0 Å². The molecule has 4 aromatic rings. The molecule has 0 bridgehead atoms. The van der Waals surface area contributed by atoms with Crippen LogP contribution < -0.4 is 5.73 Å². The molecule has 0 amide bonds. The zero-order valence-electron chi connectivity index (χ0n) is 13.9. The minimum Gasteiger partial charge on any atom is -0.462 e. The van der Waals surface area contributed by atoms with Gasteiger partial charge < -0.3 is 10.5 Å². The topological polar surface area (TPSA) is 114 Å². The second-order valence-electron chi connectivity index (χ2n) is 5.40. The first-order chi connectivity index (χ1) is 12.7. The number of nitrogens with two attached hydrogens (primary N) is 1. The van der Waals surface area contributed by atoms with Crippen molar-refractivity contribution in [3.05, 3.63) is 54.6 Å². The van der Waals surface area contributed by atoms with Crippen molar-refractivity contribution < 1.29 is 9.53 Å². The summed E-state index contributed by atoms with van der Waals surface area (Å²) in [6, 6.07) is 9.62. The molecule has 0 spiro atoms. The van der Waals surface area contributed by atoms with Gasteiger partial charge in [0.25, 0.3) is 0 Å². The van der Waals surface area contributed by atoms with Crippen LogP contribution in [0.1, 0.15) is 17.3 Å². The molecule has 9 nitrogen and oxygen atoms in total. The molecule has 0 aliphatic heterocycles. The van der Waals surface area contributed by atoms with Gasteiger partial charge >= 0.3 is 5.97 Å². The van der Waals surface area contributed by atoms with E-state index in [1.807, 2.05) is 30.3 Å². The van der Waals surface area contributed by atoms with Crippen molar-refractivity contribution >= 4 is 22.8 Å². The Hall–Kier alpha value is -3.75. The minimum absolute atomic E-state index is 0.149. The number of anilines is 1. The number of benzene rings is 1. The van der Waals surface area contributed by atoms with Crippen LogP contribution in [-0.4, -0.2) is 42.1 Å². The molecule has 3 aromatic heterocycles. The zero-order valence-corrected chi connectivity index (χ0v) is 13.9. The average molecular weight is 349 g/mol. The van der Waals surface area contributed by atoms with Gasteiger partial charge in [0, 0.05) is 0 Å². The average Bonchev–Trinajstić information content (AvgIpc) is 3.26. The molecule has 1 aromatic carbocycles. The lowest BCUT2D eigenvalue weighted by Crippen LogP contribution is -2.10. The van der Waals surface area contributed by atoms with Crippen LogP contribution in [-0.2, 0) is 4.74 Å². The Kier molecular flexibility index (Phi) is 3.81. The summed E-state index contributed by atoms with van der Waals surface area (Å²) in [5.74, 6) is 0.0580. The number of hydrogen-bond donors (Lipinski definition) is 1. The van der Waals surface area contributed by atoms with E-state index in [-0.39, 0.29) is 18.0 Å². The first kappa shape index (κ1) is 15.8. The van der Waals surface area contributed by atoms with Crippen LogP contribution >= 0.6 is 0 Å². The monoisotopic (exact) mass is 349 g/mol. The fraction of sp³-hybridized carbons (Fsp3) is 0.118. The molecule has 0 aliphatic carbocycles. The van der Waals surface area contributed by atoms with Crippen LogP contribution in [0.15, 0.2) is 49.1 Å². The minimum atomic E-state index is -0.526. The first-order valence-electron chi connectivity index (χ1n) is 7.96. The molecule has 9 heteroatoms. The second kappa shape index (κ2) is 6.28. The lowest BCUT2D eigenvalue weighted by Gasteiger charge is -2.06. The van der Waals surface area contributed by atoms with Crippen molar-refractivity contribution in [1.82, 2.24) is 29.5 Å². The summed E-state index contributed by atoms with van der Waals surface area (Å²) in [6.07, 6.45) is 4.41. The summed E-state index contributed by atoms with van der Waals surface area (Å²) in [7, 11) is 0. The molecule has 0 atom stereocenters. The van der Waals surface area contributed by atoms with Gasteiger partial charge in [-0.05, 0) is 19.1 Å². The van der Waals surface area contributed by atoms with E-state index in [1.54, 1.807) is 17.8 Å². The van der Waals surface area contributed by atoms with Gasteiger partial charge in [0.05, 0.1) is 30.1 Å². The van der Waals surface area contributed by atoms with Gasteiger partial charge in [0.2, 0.25) is 0 Å². The SMILES string of the molecule is CCOC(=O)c1cnn(-c2ncnc3c2cnn3-c2ccccc2)c1N. The highest BCUT2D eigenvalue weighted by atomic mass is 16.5. The molecule has 0 fully saturated rings. The van der Waals surface area contributed by atoms with Gasteiger partial charge in [-0.2, -0.15) is 14.9 Å². The Balaban J connectivity index is 1.84. The number of esters is 1. The molecule has 0 unspecified atom stereocenters. The predicted molar refractivity (Wildman–Crippen MR) is 94.2 cm³/mol. The van der Waals surface area contributed by atoms with Crippen LogP contribution in [0.3, 0.4) is 0 Å². The normalized spacial score (nSPS) is 11.0. The number of rotatable bonds is 4. The van der Waals surface area contributed by atoms with Gasteiger partial charge in [-0.3, -0.25) is 0 Å². The van der Waals surface area contributed by atoms with Crippen LogP contribution in [0.2, 0.25) is 0 Å². The van der Waals surface area contributed by atoms with Gasteiger partial charge in [0.15, 0.2) is 11.5 Å². The third-order valence-corrected chi connectivity index (χ3v) is 3.85. The highest BCUT2D eigenvalue weighted by Crippen LogP contribution is 2.24. The maximum absolute atomic E-state index is 12.0. The second-order valence-corrected chi connectivity index (χ2v) is 5.40. The summed E-state index contributed by atoms with van der Waals surface area (Å²) < 4.78 is 8.07. The summed E-state index contributed by atoms with van der Waals surface area (Å²) >= 11 is 0. The maximum Gasteiger partial charge on any atom is 0.343 e. The van der Waals surface area contributed by atoms with E-state index in [4.69, 9.17) is 10.5 Å². The Morgan fingerprint density at radius 3 is 2.65 bits per heavy atom.